The zero-order valence-corrected chi connectivity index (χ0v) is 6.60. The SMILES string of the molecule is O=C(O)c1cn(CC2CC2)cn1. The summed E-state index contributed by atoms with van der Waals surface area (Å²) in [5, 5.41) is 8.57. The Morgan fingerprint density at radius 2 is 2.50 bits per heavy atom. The van der Waals surface area contributed by atoms with Gasteiger partial charge < -0.3 is 9.67 Å². The number of carboxylic acid groups (broad SMARTS) is 1. The molecule has 0 aromatic carbocycles. The third-order valence-corrected chi connectivity index (χ3v) is 2.02. The Labute approximate surface area is 69.8 Å². The maximum atomic E-state index is 10.4. The Morgan fingerprint density at radius 1 is 1.75 bits per heavy atom. The molecule has 4 heteroatoms. The number of hydrogen-bond acceptors (Lipinski definition) is 2. The summed E-state index contributed by atoms with van der Waals surface area (Å²) >= 11 is 0. The van der Waals surface area contributed by atoms with Gasteiger partial charge in [-0.3, -0.25) is 0 Å². The third kappa shape index (κ3) is 1.47. The lowest BCUT2D eigenvalue weighted by Crippen LogP contribution is -1.97. The van der Waals surface area contributed by atoms with E-state index in [0.29, 0.717) is 0 Å². The molecule has 0 saturated heterocycles. The number of carboxylic acids is 1. The predicted octanol–water partition coefficient (Wildman–Crippen LogP) is 0.991. The molecule has 0 spiro atoms. The second-order valence-corrected chi connectivity index (χ2v) is 3.20. The molecular formula is C8H10N2O2. The van der Waals surface area contributed by atoms with E-state index in [0.717, 1.165) is 12.5 Å². The van der Waals surface area contributed by atoms with Gasteiger partial charge in [-0.15, -0.1) is 0 Å². The lowest BCUT2D eigenvalue weighted by atomic mass is 10.4. The molecule has 1 saturated carbocycles. The minimum absolute atomic E-state index is 0.135. The van der Waals surface area contributed by atoms with Crippen LogP contribution in [0.3, 0.4) is 0 Å². The van der Waals surface area contributed by atoms with Crippen molar-refractivity contribution in [3.63, 3.8) is 0 Å². The molecule has 0 radical (unpaired) electrons. The van der Waals surface area contributed by atoms with Gasteiger partial charge in [-0.1, -0.05) is 0 Å². The fourth-order valence-electron chi connectivity index (χ4n) is 1.17. The van der Waals surface area contributed by atoms with E-state index < -0.39 is 5.97 Å². The van der Waals surface area contributed by atoms with Crippen molar-refractivity contribution in [2.24, 2.45) is 5.92 Å². The highest BCUT2D eigenvalue weighted by atomic mass is 16.4. The quantitative estimate of drug-likeness (QED) is 0.728. The highest BCUT2D eigenvalue weighted by Gasteiger charge is 2.21. The molecular weight excluding hydrogens is 156 g/mol. The van der Waals surface area contributed by atoms with Crippen molar-refractivity contribution in [1.82, 2.24) is 9.55 Å². The van der Waals surface area contributed by atoms with Crippen LogP contribution in [0.2, 0.25) is 0 Å². The summed E-state index contributed by atoms with van der Waals surface area (Å²) in [6, 6.07) is 0. The minimum atomic E-state index is -0.954. The molecule has 12 heavy (non-hydrogen) atoms. The summed E-state index contributed by atoms with van der Waals surface area (Å²) in [7, 11) is 0. The van der Waals surface area contributed by atoms with Gasteiger partial charge in [0.1, 0.15) is 0 Å². The van der Waals surface area contributed by atoms with Crippen molar-refractivity contribution in [2.75, 3.05) is 0 Å². The molecule has 0 atom stereocenters. The highest BCUT2D eigenvalue weighted by Crippen LogP contribution is 2.30. The fourth-order valence-corrected chi connectivity index (χ4v) is 1.17. The zero-order valence-electron chi connectivity index (χ0n) is 6.60. The van der Waals surface area contributed by atoms with Gasteiger partial charge in [-0.2, -0.15) is 0 Å². The molecule has 1 heterocycles. The Morgan fingerprint density at radius 3 is 3.00 bits per heavy atom. The lowest BCUT2D eigenvalue weighted by molar-refractivity contribution is 0.0691. The second kappa shape index (κ2) is 2.62. The van der Waals surface area contributed by atoms with Crippen LogP contribution in [0.5, 0.6) is 0 Å². The molecule has 0 amide bonds. The fraction of sp³-hybridized carbons (Fsp3) is 0.500. The first-order valence-corrected chi connectivity index (χ1v) is 4.01. The van der Waals surface area contributed by atoms with Gasteiger partial charge in [0.2, 0.25) is 0 Å². The van der Waals surface area contributed by atoms with Crippen LogP contribution in [-0.4, -0.2) is 20.6 Å². The number of rotatable bonds is 3. The largest absolute Gasteiger partial charge is 0.476 e. The number of aromatic nitrogens is 2. The molecule has 4 nitrogen and oxygen atoms in total. The zero-order chi connectivity index (χ0) is 8.55. The average molecular weight is 166 g/mol. The van der Waals surface area contributed by atoms with Crippen molar-refractivity contribution in [1.29, 1.82) is 0 Å². The Kier molecular flexibility index (Phi) is 1.60. The van der Waals surface area contributed by atoms with Crippen molar-refractivity contribution in [3.05, 3.63) is 18.2 Å². The first kappa shape index (κ1) is 7.34. The molecule has 0 aliphatic heterocycles. The molecule has 2 rings (SSSR count). The molecule has 1 aliphatic carbocycles. The topological polar surface area (TPSA) is 55.1 Å². The Hall–Kier alpha value is -1.32. The van der Waals surface area contributed by atoms with Crippen molar-refractivity contribution < 1.29 is 9.90 Å². The third-order valence-electron chi connectivity index (χ3n) is 2.02. The average Bonchev–Trinajstić information content (AvgIpc) is 2.66. The van der Waals surface area contributed by atoms with E-state index >= 15 is 0 Å². The van der Waals surface area contributed by atoms with Crippen LogP contribution in [0.4, 0.5) is 0 Å². The second-order valence-electron chi connectivity index (χ2n) is 3.20. The van der Waals surface area contributed by atoms with E-state index in [-0.39, 0.29) is 5.69 Å². The van der Waals surface area contributed by atoms with E-state index in [1.807, 2.05) is 4.57 Å². The smallest absolute Gasteiger partial charge is 0.356 e. The monoisotopic (exact) mass is 166 g/mol. The standard InChI is InChI=1S/C8H10N2O2/c11-8(12)7-4-10(5-9-7)3-6-1-2-6/h4-6H,1-3H2,(H,11,12). The predicted molar refractivity (Wildman–Crippen MR) is 41.9 cm³/mol. The molecule has 1 fully saturated rings. The lowest BCUT2D eigenvalue weighted by Gasteiger charge is -1.96. The summed E-state index contributed by atoms with van der Waals surface area (Å²) in [6.45, 7) is 0.917. The Balaban J connectivity index is 2.06. The van der Waals surface area contributed by atoms with Crippen LogP contribution in [0.1, 0.15) is 23.3 Å². The molecule has 0 unspecified atom stereocenters. The number of imidazole rings is 1. The Bertz CT molecular complexity index is 302. The number of aromatic carboxylic acids is 1. The maximum Gasteiger partial charge on any atom is 0.356 e. The molecule has 1 aliphatic rings. The summed E-state index contributed by atoms with van der Waals surface area (Å²) in [6.07, 6.45) is 5.70. The summed E-state index contributed by atoms with van der Waals surface area (Å²) < 4.78 is 1.85. The van der Waals surface area contributed by atoms with E-state index in [9.17, 15) is 4.79 Å². The van der Waals surface area contributed by atoms with Gasteiger partial charge in [-0.25, -0.2) is 9.78 Å². The molecule has 0 bridgehead atoms. The summed E-state index contributed by atoms with van der Waals surface area (Å²) in [5.74, 6) is -0.203. The van der Waals surface area contributed by atoms with Gasteiger partial charge >= 0.3 is 5.97 Å². The van der Waals surface area contributed by atoms with E-state index in [1.165, 1.54) is 12.8 Å². The first-order valence-electron chi connectivity index (χ1n) is 4.01. The molecule has 1 aromatic heterocycles. The van der Waals surface area contributed by atoms with Crippen molar-refractivity contribution in [3.8, 4) is 0 Å². The van der Waals surface area contributed by atoms with Gasteiger partial charge in [0.25, 0.3) is 0 Å². The highest BCUT2D eigenvalue weighted by molar-refractivity contribution is 5.84. The van der Waals surface area contributed by atoms with Gasteiger partial charge in [0.05, 0.1) is 6.33 Å². The maximum absolute atomic E-state index is 10.4. The van der Waals surface area contributed by atoms with Gasteiger partial charge in [0.15, 0.2) is 5.69 Å². The summed E-state index contributed by atoms with van der Waals surface area (Å²) in [5.41, 5.74) is 0.135. The van der Waals surface area contributed by atoms with Crippen LogP contribution >= 0.6 is 0 Å². The molecule has 1 N–H and O–H groups in total. The van der Waals surface area contributed by atoms with Crippen LogP contribution in [0, 0.1) is 5.92 Å². The van der Waals surface area contributed by atoms with Crippen LogP contribution in [0.25, 0.3) is 0 Å². The van der Waals surface area contributed by atoms with Crippen molar-refractivity contribution in [2.45, 2.75) is 19.4 Å². The van der Waals surface area contributed by atoms with Crippen LogP contribution in [-0.2, 0) is 6.54 Å². The van der Waals surface area contributed by atoms with E-state index in [2.05, 4.69) is 4.98 Å². The van der Waals surface area contributed by atoms with E-state index in [1.54, 1.807) is 12.5 Å². The van der Waals surface area contributed by atoms with Crippen molar-refractivity contribution >= 4 is 5.97 Å². The van der Waals surface area contributed by atoms with Gasteiger partial charge in [-0.05, 0) is 18.8 Å². The molecule has 64 valence electrons. The normalized spacial score (nSPS) is 16.3. The number of carbonyl (C=O) groups is 1. The van der Waals surface area contributed by atoms with Crippen LogP contribution in [0.15, 0.2) is 12.5 Å². The van der Waals surface area contributed by atoms with Crippen LogP contribution < -0.4 is 0 Å². The number of hydrogen-bond donors (Lipinski definition) is 1. The molecule has 1 aromatic rings. The van der Waals surface area contributed by atoms with Gasteiger partial charge in [0, 0.05) is 12.7 Å². The number of nitrogens with zero attached hydrogens (tertiary/aromatic N) is 2. The first-order chi connectivity index (χ1) is 5.75. The minimum Gasteiger partial charge on any atom is -0.476 e. The van der Waals surface area contributed by atoms with E-state index in [4.69, 9.17) is 5.11 Å². The summed E-state index contributed by atoms with van der Waals surface area (Å²) in [4.78, 5) is 14.2.